The van der Waals surface area contributed by atoms with E-state index in [1.165, 1.54) is 0 Å². The molecule has 12 heteroatoms. The number of aromatic amines is 1. The van der Waals surface area contributed by atoms with Gasteiger partial charge in [0.2, 0.25) is 0 Å². The van der Waals surface area contributed by atoms with E-state index in [1.54, 1.807) is 18.2 Å². The van der Waals surface area contributed by atoms with Crippen molar-refractivity contribution in [3.63, 3.8) is 0 Å². The summed E-state index contributed by atoms with van der Waals surface area (Å²) in [5, 5.41) is 17.4. The Balaban J connectivity index is 1.48. The van der Waals surface area contributed by atoms with E-state index in [0.717, 1.165) is 63.7 Å². The molecule has 3 heterocycles. The number of carbonyl (C=O) groups is 2. The second-order valence-electron chi connectivity index (χ2n) is 13.2. The smallest absolute Gasteiger partial charge is 0.275 e. The number of aromatic nitrogens is 4. The van der Waals surface area contributed by atoms with Crippen LogP contribution in [0.15, 0.2) is 47.5 Å². The normalized spacial score (nSPS) is 17.5. The fourth-order valence-corrected chi connectivity index (χ4v) is 6.71. The van der Waals surface area contributed by atoms with Crippen LogP contribution in [0.25, 0.3) is 0 Å². The summed E-state index contributed by atoms with van der Waals surface area (Å²) in [5.74, 6) is 0.0444. The number of hydrogen-bond acceptors (Lipinski definition) is 7. The number of hydrogen-bond donors (Lipinski definition) is 2. The van der Waals surface area contributed by atoms with Crippen molar-refractivity contribution >= 4 is 40.7 Å². The summed E-state index contributed by atoms with van der Waals surface area (Å²) >= 11 is 12.8. The van der Waals surface area contributed by atoms with E-state index in [-0.39, 0.29) is 29.8 Å². The van der Waals surface area contributed by atoms with Crippen LogP contribution in [0.4, 0.5) is 0 Å². The lowest BCUT2D eigenvalue weighted by molar-refractivity contribution is -0.133. The minimum atomic E-state index is -0.687. The number of carbonyl (C=O) groups excluding carboxylic acids is 2. The van der Waals surface area contributed by atoms with E-state index >= 15 is 0 Å². The van der Waals surface area contributed by atoms with Gasteiger partial charge in [0.1, 0.15) is 11.4 Å². The van der Waals surface area contributed by atoms with Crippen LogP contribution >= 0.6 is 23.2 Å². The number of H-pyrrole nitrogens is 1. The van der Waals surface area contributed by atoms with Crippen LogP contribution in [0.5, 0.6) is 0 Å². The van der Waals surface area contributed by atoms with Crippen LogP contribution in [-0.2, 0) is 11.3 Å². The molecular formula is C33H42Cl2N8O2. The van der Waals surface area contributed by atoms with Gasteiger partial charge in [-0.2, -0.15) is 5.21 Å². The van der Waals surface area contributed by atoms with Crippen molar-refractivity contribution in [1.82, 2.24) is 35.7 Å². The molecular weight excluding hydrogens is 611 g/mol. The number of rotatable bonds is 11. The van der Waals surface area contributed by atoms with Crippen LogP contribution in [-0.4, -0.2) is 73.2 Å². The molecule has 1 spiro atoms. The molecule has 0 saturated carbocycles. The van der Waals surface area contributed by atoms with Crippen LogP contribution < -0.4 is 5.32 Å². The summed E-state index contributed by atoms with van der Waals surface area (Å²) in [6, 6.07) is 12.5. The second kappa shape index (κ2) is 14.0. The quantitative estimate of drug-likeness (QED) is 0.253. The maximum Gasteiger partial charge on any atom is 0.275 e. The molecule has 0 radical (unpaired) electrons. The topological polar surface area (TPSA) is 119 Å². The number of piperidine rings is 1. The Kier molecular flexibility index (Phi) is 10.3. The third kappa shape index (κ3) is 7.91. The molecule has 1 atom stereocenters. The van der Waals surface area contributed by atoms with E-state index in [0.29, 0.717) is 32.7 Å². The van der Waals surface area contributed by atoms with Gasteiger partial charge in [-0.25, -0.2) is 0 Å². The summed E-state index contributed by atoms with van der Waals surface area (Å²) in [4.78, 5) is 37.2. The molecule has 5 rings (SSSR count). The lowest BCUT2D eigenvalue weighted by Gasteiger charge is -2.46. The highest BCUT2D eigenvalue weighted by Gasteiger charge is 2.51. The largest absolute Gasteiger partial charge is 0.345 e. The monoisotopic (exact) mass is 652 g/mol. The number of likely N-dealkylation sites (tertiary alicyclic amines) is 1. The highest BCUT2D eigenvalue weighted by atomic mass is 35.5. The van der Waals surface area contributed by atoms with Crippen LogP contribution in [0.3, 0.4) is 0 Å². The van der Waals surface area contributed by atoms with Gasteiger partial charge in [-0.15, -0.1) is 10.2 Å². The number of benzene rings is 2. The SMILES string of the molecule is CCCCN1CCC2(CC1)N=C(c1cc(Cl)cc(Cl)c1)C(=O)N2[C@H](CCC(C)(C)C)c1ccc(C(=O)NCc2nn[nH]n2)cc1. The van der Waals surface area contributed by atoms with Gasteiger partial charge < -0.3 is 15.1 Å². The van der Waals surface area contributed by atoms with E-state index < -0.39 is 5.66 Å². The van der Waals surface area contributed by atoms with Crippen molar-refractivity contribution in [2.24, 2.45) is 10.4 Å². The Morgan fingerprint density at radius 2 is 1.78 bits per heavy atom. The molecule has 1 aromatic heterocycles. The Bertz CT molecular complexity index is 1490. The van der Waals surface area contributed by atoms with E-state index in [1.807, 2.05) is 29.2 Å². The molecule has 2 amide bonds. The number of nitrogens with one attached hydrogen (secondary N) is 2. The standard InChI is InChI=1S/C33H42Cl2N8O2/c1-5-6-15-42-16-13-33(14-17-42)37-29(24-18-25(34)20-26(35)19-24)31(45)43(33)27(11-12-32(2,3)4)22-7-9-23(10-8-22)30(44)36-21-28-38-40-41-39-28/h7-10,18-20,27H,5-6,11-17,21H2,1-4H3,(H,36,44)(H,38,39,40,41)/t27-/m1/s1. The Hall–Kier alpha value is -3.34. The Labute approximate surface area is 275 Å². The second-order valence-corrected chi connectivity index (χ2v) is 14.1. The highest BCUT2D eigenvalue weighted by molar-refractivity contribution is 6.47. The number of unbranched alkanes of at least 4 members (excludes halogenated alkanes) is 1. The molecule has 0 unspecified atom stereocenters. The lowest BCUT2D eigenvalue weighted by Crippen LogP contribution is -2.54. The van der Waals surface area contributed by atoms with E-state index in [2.05, 4.69) is 58.5 Å². The van der Waals surface area contributed by atoms with Gasteiger partial charge in [-0.3, -0.25) is 14.6 Å². The number of amides is 2. The number of nitrogens with zero attached hydrogens (tertiary/aromatic N) is 6. The molecule has 3 aromatic rings. The molecule has 1 saturated heterocycles. The minimum absolute atomic E-state index is 0.0524. The molecule has 2 N–H and O–H groups in total. The van der Waals surface area contributed by atoms with Crippen molar-refractivity contribution in [2.45, 2.75) is 84.5 Å². The first kappa shape index (κ1) is 33.0. The summed E-state index contributed by atoms with van der Waals surface area (Å²) in [7, 11) is 0. The molecule has 2 aliphatic heterocycles. The van der Waals surface area contributed by atoms with Crippen LogP contribution in [0.2, 0.25) is 10.0 Å². The van der Waals surface area contributed by atoms with Crippen molar-refractivity contribution in [3.8, 4) is 0 Å². The van der Waals surface area contributed by atoms with E-state index in [9.17, 15) is 9.59 Å². The molecule has 2 aromatic carbocycles. The summed E-state index contributed by atoms with van der Waals surface area (Å²) in [5.41, 5.74) is 1.88. The number of tetrazole rings is 1. The van der Waals surface area contributed by atoms with Crippen molar-refractivity contribution in [3.05, 3.63) is 75.0 Å². The molecule has 45 heavy (non-hydrogen) atoms. The number of halogens is 2. The van der Waals surface area contributed by atoms with Crippen LogP contribution in [0.1, 0.15) is 99.6 Å². The zero-order valence-corrected chi connectivity index (χ0v) is 28.0. The van der Waals surface area contributed by atoms with Crippen molar-refractivity contribution in [2.75, 3.05) is 19.6 Å². The number of aliphatic imine (C=N–C) groups is 1. The predicted octanol–water partition coefficient (Wildman–Crippen LogP) is 6.23. The Morgan fingerprint density at radius 1 is 1.09 bits per heavy atom. The maximum absolute atomic E-state index is 14.6. The average Bonchev–Trinajstić information content (AvgIpc) is 3.62. The lowest BCUT2D eigenvalue weighted by atomic mass is 9.84. The molecule has 240 valence electrons. The molecule has 10 nitrogen and oxygen atoms in total. The van der Waals surface area contributed by atoms with Gasteiger partial charge in [-0.05, 0) is 67.1 Å². The molecule has 0 bridgehead atoms. The maximum atomic E-state index is 14.6. The predicted molar refractivity (Wildman–Crippen MR) is 176 cm³/mol. The highest BCUT2D eigenvalue weighted by Crippen LogP contribution is 2.45. The summed E-state index contributed by atoms with van der Waals surface area (Å²) in [6.07, 6.45) is 5.41. The first-order valence-electron chi connectivity index (χ1n) is 15.7. The zero-order valence-electron chi connectivity index (χ0n) is 26.4. The van der Waals surface area contributed by atoms with Gasteiger partial charge in [0.25, 0.3) is 11.8 Å². The van der Waals surface area contributed by atoms with Crippen molar-refractivity contribution < 1.29 is 9.59 Å². The molecule has 0 aliphatic carbocycles. The van der Waals surface area contributed by atoms with Crippen LogP contribution in [0, 0.1) is 5.41 Å². The third-order valence-electron chi connectivity index (χ3n) is 8.64. The van der Waals surface area contributed by atoms with Gasteiger partial charge in [0.05, 0.1) is 12.6 Å². The first-order valence-corrected chi connectivity index (χ1v) is 16.5. The zero-order chi connectivity index (χ0) is 32.2. The van der Waals surface area contributed by atoms with Gasteiger partial charge in [-0.1, -0.05) is 74.7 Å². The fraction of sp³-hybridized carbons (Fsp3) is 0.515. The molecule has 1 fully saturated rings. The summed E-state index contributed by atoms with van der Waals surface area (Å²) < 4.78 is 0. The average molecular weight is 654 g/mol. The fourth-order valence-electron chi connectivity index (χ4n) is 6.18. The van der Waals surface area contributed by atoms with Crippen molar-refractivity contribution in [1.29, 1.82) is 0 Å². The minimum Gasteiger partial charge on any atom is -0.345 e. The van der Waals surface area contributed by atoms with Gasteiger partial charge >= 0.3 is 0 Å². The van der Waals surface area contributed by atoms with Gasteiger partial charge in [0, 0.05) is 47.1 Å². The van der Waals surface area contributed by atoms with Gasteiger partial charge in [0.15, 0.2) is 5.82 Å². The van der Waals surface area contributed by atoms with E-state index in [4.69, 9.17) is 28.2 Å². The first-order chi connectivity index (χ1) is 21.5. The summed E-state index contributed by atoms with van der Waals surface area (Å²) in [6.45, 7) is 11.8. The third-order valence-corrected chi connectivity index (χ3v) is 9.08. The molecule has 2 aliphatic rings. The Morgan fingerprint density at radius 3 is 2.38 bits per heavy atom.